The smallest absolute Gasteiger partial charge is 0.241 e. The summed E-state index contributed by atoms with van der Waals surface area (Å²) in [4.78, 5) is 12.6. The highest BCUT2D eigenvalue weighted by atomic mass is 32.2. The molecule has 0 aliphatic carbocycles. The molecule has 1 amide bonds. The first-order chi connectivity index (χ1) is 13.8. The summed E-state index contributed by atoms with van der Waals surface area (Å²) in [6, 6.07) is 12.6. The van der Waals surface area contributed by atoms with Gasteiger partial charge in [0.15, 0.2) is 0 Å². The Bertz CT molecular complexity index is 871. The van der Waals surface area contributed by atoms with Gasteiger partial charge >= 0.3 is 0 Å². The minimum Gasteiger partial charge on any atom is -0.379 e. The van der Waals surface area contributed by atoms with Crippen LogP contribution < -0.4 is 10.0 Å². The SMILES string of the molecule is CC(C)OCCCNC(=O)[C@H](Cc1ccccc1)NS(=O)(=O)c1ccc(F)cc1. The lowest BCUT2D eigenvalue weighted by Gasteiger charge is -2.19. The third-order valence-electron chi connectivity index (χ3n) is 4.09. The Hall–Kier alpha value is -2.29. The molecule has 158 valence electrons. The van der Waals surface area contributed by atoms with E-state index in [2.05, 4.69) is 10.0 Å². The summed E-state index contributed by atoms with van der Waals surface area (Å²) < 4.78 is 46.3. The van der Waals surface area contributed by atoms with E-state index in [9.17, 15) is 17.6 Å². The molecule has 0 unspecified atom stereocenters. The van der Waals surface area contributed by atoms with Crippen LogP contribution in [0, 0.1) is 5.82 Å². The van der Waals surface area contributed by atoms with Gasteiger partial charge in [0.05, 0.1) is 11.0 Å². The largest absolute Gasteiger partial charge is 0.379 e. The zero-order chi connectivity index (χ0) is 21.3. The summed E-state index contributed by atoms with van der Waals surface area (Å²) in [7, 11) is -3.99. The molecular formula is C21H27FN2O4S. The molecule has 0 radical (unpaired) electrons. The highest BCUT2D eigenvalue weighted by molar-refractivity contribution is 7.89. The maximum Gasteiger partial charge on any atom is 0.241 e. The van der Waals surface area contributed by atoms with Crippen molar-refractivity contribution in [3.05, 3.63) is 66.0 Å². The molecule has 2 N–H and O–H groups in total. The molecule has 6 nitrogen and oxygen atoms in total. The Morgan fingerprint density at radius 1 is 1.07 bits per heavy atom. The highest BCUT2D eigenvalue weighted by Gasteiger charge is 2.26. The summed E-state index contributed by atoms with van der Waals surface area (Å²) in [6.07, 6.45) is 0.918. The van der Waals surface area contributed by atoms with Crippen molar-refractivity contribution in [1.29, 1.82) is 0 Å². The van der Waals surface area contributed by atoms with Gasteiger partial charge in [-0.3, -0.25) is 4.79 Å². The fourth-order valence-corrected chi connectivity index (χ4v) is 3.83. The van der Waals surface area contributed by atoms with Gasteiger partial charge < -0.3 is 10.1 Å². The van der Waals surface area contributed by atoms with Crippen LogP contribution in [0.25, 0.3) is 0 Å². The Balaban J connectivity index is 2.08. The summed E-state index contributed by atoms with van der Waals surface area (Å²) >= 11 is 0. The van der Waals surface area contributed by atoms with Crippen LogP contribution in [0.2, 0.25) is 0 Å². The first-order valence-electron chi connectivity index (χ1n) is 9.49. The molecule has 0 aliphatic heterocycles. The predicted octanol–water partition coefficient (Wildman–Crippen LogP) is 2.65. The van der Waals surface area contributed by atoms with Crippen molar-refractivity contribution in [3.63, 3.8) is 0 Å². The molecule has 0 spiro atoms. The van der Waals surface area contributed by atoms with E-state index in [-0.39, 0.29) is 17.4 Å². The molecule has 8 heteroatoms. The average molecular weight is 423 g/mol. The Morgan fingerprint density at radius 2 is 1.72 bits per heavy atom. The van der Waals surface area contributed by atoms with Gasteiger partial charge in [-0.15, -0.1) is 0 Å². The maximum atomic E-state index is 13.1. The van der Waals surface area contributed by atoms with E-state index in [1.807, 2.05) is 44.2 Å². The van der Waals surface area contributed by atoms with Crippen molar-refractivity contribution < 1.29 is 22.3 Å². The van der Waals surface area contributed by atoms with Gasteiger partial charge in [0, 0.05) is 13.2 Å². The normalized spacial score (nSPS) is 12.7. The van der Waals surface area contributed by atoms with Crippen LogP contribution in [0.1, 0.15) is 25.8 Å². The predicted molar refractivity (Wildman–Crippen MR) is 109 cm³/mol. The molecule has 2 aromatic carbocycles. The summed E-state index contributed by atoms with van der Waals surface area (Å²) in [5, 5.41) is 2.75. The van der Waals surface area contributed by atoms with Gasteiger partial charge in [-0.1, -0.05) is 30.3 Å². The second-order valence-electron chi connectivity index (χ2n) is 6.88. The quantitative estimate of drug-likeness (QED) is 0.545. The van der Waals surface area contributed by atoms with E-state index in [0.717, 1.165) is 17.7 Å². The Morgan fingerprint density at radius 3 is 2.34 bits per heavy atom. The number of rotatable bonds is 11. The number of benzene rings is 2. The zero-order valence-electron chi connectivity index (χ0n) is 16.6. The van der Waals surface area contributed by atoms with Crippen LogP contribution >= 0.6 is 0 Å². The van der Waals surface area contributed by atoms with E-state index in [1.165, 1.54) is 12.1 Å². The number of ether oxygens (including phenoxy) is 1. The van der Waals surface area contributed by atoms with Gasteiger partial charge in [0.1, 0.15) is 11.9 Å². The monoisotopic (exact) mass is 422 g/mol. The lowest BCUT2D eigenvalue weighted by Crippen LogP contribution is -2.48. The van der Waals surface area contributed by atoms with E-state index < -0.39 is 27.8 Å². The van der Waals surface area contributed by atoms with Crippen molar-refractivity contribution in [2.24, 2.45) is 0 Å². The van der Waals surface area contributed by atoms with Gasteiger partial charge in [0.2, 0.25) is 15.9 Å². The molecule has 0 aliphatic rings. The molecular weight excluding hydrogens is 395 g/mol. The first-order valence-corrected chi connectivity index (χ1v) is 11.0. The molecule has 0 saturated carbocycles. The lowest BCUT2D eigenvalue weighted by atomic mass is 10.1. The lowest BCUT2D eigenvalue weighted by molar-refractivity contribution is -0.122. The van der Waals surface area contributed by atoms with Gasteiger partial charge in [-0.05, 0) is 56.5 Å². The molecule has 0 fully saturated rings. The number of sulfonamides is 1. The minimum absolute atomic E-state index is 0.102. The number of hydrogen-bond acceptors (Lipinski definition) is 4. The second kappa shape index (κ2) is 11.0. The van der Waals surface area contributed by atoms with Gasteiger partial charge in [0.25, 0.3) is 0 Å². The van der Waals surface area contributed by atoms with Crippen molar-refractivity contribution in [3.8, 4) is 0 Å². The summed E-state index contributed by atoms with van der Waals surface area (Å²) in [5.41, 5.74) is 0.817. The Kier molecular flexibility index (Phi) is 8.75. The van der Waals surface area contributed by atoms with E-state index in [1.54, 1.807) is 0 Å². The molecule has 29 heavy (non-hydrogen) atoms. The topological polar surface area (TPSA) is 84.5 Å². The van der Waals surface area contributed by atoms with Crippen LogP contribution in [0.5, 0.6) is 0 Å². The van der Waals surface area contributed by atoms with Crippen LogP contribution in [0.4, 0.5) is 4.39 Å². The highest BCUT2D eigenvalue weighted by Crippen LogP contribution is 2.12. The molecule has 0 saturated heterocycles. The maximum absolute atomic E-state index is 13.1. The van der Waals surface area contributed by atoms with E-state index in [0.29, 0.717) is 19.6 Å². The molecule has 1 atom stereocenters. The first kappa shape index (κ1) is 23.0. The standard InChI is InChI=1S/C21H27FN2O4S/c1-16(2)28-14-6-13-23-21(25)20(15-17-7-4-3-5-8-17)24-29(26,27)19-11-9-18(22)10-12-19/h3-5,7-12,16,20,24H,6,13-15H2,1-2H3,(H,23,25)/t20-/m0/s1. The van der Waals surface area contributed by atoms with Crippen molar-refractivity contribution in [1.82, 2.24) is 10.0 Å². The molecule has 2 rings (SSSR count). The molecule has 0 heterocycles. The van der Waals surface area contributed by atoms with Crippen LogP contribution in [-0.2, 0) is 26.0 Å². The minimum atomic E-state index is -3.99. The third-order valence-corrected chi connectivity index (χ3v) is 5.58. The number of carbonyl (C=O) groups is 1. The third kappa shape index (κ3) is 7.92. The number of halogens is 1. The van der Waals surface area contributed by atoms with Crippen molar-refractivity contribution in [2.75, 3.05) is 13.2 Å². The fraction of sp³-hybridized carbons (Fsp3) is 0.381. The fourth-order valence-electron chi connectivity index (χ4n) is 2.63. The van der Waals surface area contributed by atoms with E-state index in [4.69, 9.17) is 4.74 Å². The Labute approximate surface area is 171 Å². The van der Waals surface area contributed by atoms with Crippen LogP contribution in [-0.4, -0.2) is 39.6 Å². The molecule has 0 bridgehead atoms. The summed E-state index contributed by atoms with van der Waals surface area (Å²) in [6.45, 7) is 4.73. The average Bonchev–Trinajstić information content (AvgIpc) is 2.68. The summed E-state index contributed by atoms with van der Waals surface area (Å²) in [5.74, 6) is -0.963. The molecule has 2 aromatic rings. The van der Waals surface area contributed by atoms with Crippen LogP contribution in [0.15, 0.2) is 59.5 Å². The van der Waals surface area contributed by atoms with Gasteiger partial charge in [-0.25, -0.2) is 12.8 Å². The number of carbonyl (C=O) groups excluding carboxylic acids is 1. The number of amides is 1. The second-order valence-corrected chi connectivity index (χ2v) is 8.60. The molecule has 0 aromatic heterocycles. The number of hydrogen-bond donors (Lipinski definition) is 2. The zero-order valence-corrected chi connectivity index (χ0v) is 17.4. The number of nitrogens with one attached hydrogen (secondary N) is 2. The van der Waals surface area contributed by atoms with Gasteiger partial charge in [-0.2, -0.15) is 4.72 Å². The van der Waals surface area contributed by atoms with Crippen molar-refractivity contribution >= 4 is 15.9 Å². The van der Waals surface area contributed by atoms with Crippen LogP contribution in [0.3, 0.4) is 0 Å². The van der Waals surface area contributed by atoms with E-state index >= 15 is 0 Å². The van der Waals surface area contributed by atoms with Crippen molar-refractivity contribution in [2.45, 2.75) is 43.7 Å².